The Kier molecular flexibility index (Phi) is 3.10. The van der Waals surface area contributed by atoms with E-state index in [-0.39, 0.29) is 5.78 Å². The molecule has 1 aromatic rings. The van der Waals surface area contributed by atoms with Crippen molar-refractivity contribution in [1.29, 1.82) is 0 Å². The smallest absolute Gasteiger partial charge is 0.161 e. The summed E-state index contributed by atoms with van der Waals surface area (Å²) in [6, 6.07) is 8.33. The van der Waals surface area contributed by atoms with Gasteiger partial charge >= 0.3 is 0 Å². The van der Waals surface area contributed by atoms with E-state index in [0.717, 1.165) is 19.3 Å². The summed E-state index contributed by atoms with van der Waals surface area (Å²) in [6.45, 7) is 4.19. The van der Waals surface area contributed by atoms with Crippen LogP contribution in [0.3, 0.4) is 0 Å². The monoisotopic (exact) mass is 218 g/mol. The van der Waals surface area contributed by atoms with Crippen LogP contribution in [0.5, 0.6) is 0 Å². The third-order valence-electron chi connectivity index (χ3n) is 3.45. The van der Waals surface area contributed by atoms with Crippen LogP contribution in [-0.2, 0) is 22.4 Å². The average Bonchev–Trinajstić information content (AvgIpc) is 2.29. The van der Waals surface area contributed by atoms with Crippen LogP contribution in [0.4, 0.5) is 0 Å². The van der Waals surface area contributed by atoms with Gasteiger partial charge in [-0.05, 0) is 37.8 Å². The molecule has 1 unspecified atom stereocenters. The summed E-state index contributed by atoms with van der Waals surface area (Å²) in [4.78, 5) is 11.8. The third-order valence-corrected chi connectivity index (χ3v) is 3.45. The number of Topliss-reactive ketones (excluding diaryl/α,β-unsaturated/α-hetero) is 1. The van der Waals surface area contributed by atoms with E-state index < -0.39 is 5.60 Å². The Hall–Kier alpha value is -1.15. The second kappa shape index (κ2) is 4.38. The molecule has 1 aromatic carbocycles. The van der Waals surface area contributed by atoms with Crippen LogP contribution in [0.15, 0.2) is 24.3 Å². The molecule has 0 N–H and O–H groups in total. The van der Waals surface area contributed by atoms with Gasteiger partial charge in [-0.2, -0.15) is 0 Å². The predicted molar refractivity (Wildman–Crippen MR) is 63.5 cm³/mol. The Balaban J connectivity index is 2.31. The topological polar surface area (TPSA) is 26.3 Å². The lowest BCUT2D eigenvalue weighted by atomic mass is 9.78. The second-order valence-electron chi connectivity index (χ2n) is 4.43. The van der Waals surface area contributed by atoms with Crippen molar-refractivity contribution in [2.45, 2.75) is 38.7 Å². The quantitative estimate of drug-likeness (QED) is 0.779. The number of carbonyl (C=O) groups is 1. The zero-order valence-corrected chi connectivity index (χ0v) is 9.95. The molecule has 0 amide bonds. The summed E-state index contributed by atoms with van der Waals surface area (Å²) in [5.74, 6) is 0.156. The number of ketones is 1. The number of fused-ring (bicyclic) bond motifs is 1. The number of rotatable bonds is 3. The fraction of sp³-hybridized carbons (Fsp3) is 0.500. The van der Waals surface area contributed by atoms with Gasteiger partial charge in [0.05, 0.1) is 0 Å². The SMILES string of the molecule is CCOC1(C(C)=O)CCc2ccccc2C1. The highest BCUT2D eigenvalue weighted by Gasteiger charge is 2.39. The van der Waals surface area contributed by atoms with Crippen LogP contribution in [-0.4, -0.2) is 18.0 Å². The summed E-state index contributed by atoms with van der Waals surface area (Å²) < 4.78 is 5.74. The van der Waals surface area contributed by atoms with Crippen LogP contribution in [0.1, 0.15) is 31.4 Å². The molecule has 86 valence electrons. The highest BCUT2D eigenvalue weighted by atomic mass is 16.5. The van der Waals surface area contributed by atoms with Crippen molar-refractivity contribution >= 4 is 5.78 Å². The molecule has 0 radical (unpaired) electrons. The zero-order chi connectivity index (χ0) is 11.6. The maximum absolute atomic E-state index is 11.8. The van der Waals surface area contributed by atoms with Crippen LogP contribution < -0.4 is 0 Å². The van der Waals surface area contributed by atoms with Crippen molar-refractivity contribution in [3.63, 3.8) is 0 Å². The van der Waals surface area contributed by atoms with Crippen molar-refractivity contribution in [3.05, 3.63) is 35.4 Å². The summed E-state index contributed by atoms with van der Waals surface area (Å²) in [5.41, 5.74) is 2.06. The number of hydrogen-bond donors (Lipinski definition) is 0. The van der Waals surface area contributed by atoms with E-state index >= 15 is 0 Å². The van der Waals surface area contributed by atoms with Gasteiger partial charge < -0.3 is 4.74 Å². The molecule has 0 saturated heterocycles. The lowest BCUT2D eigenvalue weighted by Gasteiger charge is -2.35. The Bertz CT molecular complexity index is 397. The normalized spacial score (nSPS) is 23.9. The third kappa shape index (κ3) is 1.90. The van der Waals surface area contributed by atoms with Crippen molar-refractivity contribution in [1.82, 2.24) is 0 Å². The molecule has 0 bridgehead atoms. The van der Waals surface area contributed by atoms with Gasteiger partial charge in [0.25, 0.3) is 0 Å². The molecule has 1 atom stereocenters. The first-order valence-corrected chi connectivity index (χ1v) is 5.90. The minimum atomic E-state index is -0.566. The first-order chi connectivity index (χ1) is 7.68. The minimum Gasteiger partial charge on any atom is -0.367 e. The highest BCUT2D eigenvalue weighted by molar-refractivity contribution is 5.85. The largest absolute Gasteiger partial charge is 0.367 e. The molecule has 1 aliphatic rings. The molecule has 0 spiro atoms. The zero-order valence-electron chi connectivity index (χ0n) is 9.95. The van der Waals surface area contributed by atoms with Gasteiger partial charge in [-0.1, -0.05) is 24.3 Å². The molecule has 0 aliphatic heterocycles. The number of aryl methyl sites for hydroxylation is 1. The van der Waals surface area contributed by atoms with Crippen molar-refractivity contribution in [2.75, 3.05) is 6.61 Å². The minimum absolute atomic E-state index is 0.156. The summed E-state index contributed by atoms with van der Waals surface area (Å²) in [6.07, 6.45) is 2.48. The van der Waals surface area contributed by atoms with E-state index in [2.05, 4.69) is 18.2 Å². The van der Waals surface area contributed by atoms with Gasteiger partial charge in [0.1, 0.15) is 5.60 Å². The van der Waals surface area contributed by atoms with Crippen LogP contribution >= 0.6 is 0 Å². The van der Waals surface area contributed by atoms with Gasteiger partial charge in [-0.25, -0.2) is 0 Å². The number of benzene rings is 1. The Morgan fingerprint density at radius 1 is 1.38 bits per heavy atom. The average molecular weight is 218 g/mol. The summed E-state index contributed by atoms with van der Waals surface area (Å²) >= 11 is 0. The lowest BCUT2D eigenvalue weighted by molar-refractivity contribution is -0.143. The summed E-state index contributed by atoms with van der Waals surface area (Å²) in [7, 11) is 0. The molecular weight excluding hydrogens is 200 g/mol. The van der Waals surface area contributed by atoms with Crippen molar-refractivity contribution < 1.29 is 9.53 Å². The maximum Gasteiger partial charge on any atom is 0.161 e. The van der Waals surface area contributed by atoms with E-state index in [1.807, 2.05) is 13.0 Å². The maximum atomic E-state index is 11.8. The second-order valence-corrected chi connectivity index (χ2v) is 4.43. The molecular formula is C14H18O2. The van der Waals surface area contributed by atoms with E-state index in [1.165, 1.54) is 11.1 Å². The van der Waals surface area contributed by atoms with E-state index in [9.17, 15) is 4.79 Å². The molecule has 0 heterocycles. The number of ether oxygens (including phenoxy) is 1. The summed E-state index contributed by atoms with van der Waals surface area (Å²) in [5, 5.41) is 0. The fourth-order valence-electron chi connectivity index (χ4n) is 2.51. The standard InChI is InChI=1S/C14H18O2/c1-3-16-14(11(2)15)9-8-12-6-4-5-7-13(12)10-14/h4-7H,3,8-10H2,1-2H3. The van der Waals surface area contributed by atoms with Crippen LogP contribution in [0, 0.1) is 0 Å². The van der Waals surface area contributed by atoms with Gasteiger partial charge in [-0.3, -0.25) is 4.79 Å². The predicted octanol–water partition coefficient (Wildman–Crippen LogP) is 2.54. The first-order valence-electron chi connectivity index (χ1n) is 5.90. The van der Waals surface area contributed by atoms with Crippen molar-refractivity contribution in [3.8, 4) is 0 Å². The first kappa shape index (κ1) is 11.3. The van der Waals surface area contributed by atoms with E-state index in [0.29, 0.717) is 6.61 Å². The molecule has 2 heteroatoms. The van der Waals surface area contributed by atoms with Gasteiger partial charge in [0.15, 0.2) is 5.78 Å². The van der Waals surface area contributed by atoms with Crippen molar-refractivity contribution in [2.24, 2.45) is 0 Å². The Morgan fingerprint density at radius 3 is 2.69 bits per heavy atom. The molecule has 0 aromatic heterocycles. The Morgan fingerprint density at radius 2 is 2.06 bits per heavy atom. The van der Waals surface area contributed by atoms with Gasteiger partial charge in [-0.15, -0.1) is 0 Å². The molecule has 0 fully saturated rings. The Labute approximate surface area is 96.6 Å². The molecule has 2 rings (SSSR count). The van der Waals surface area contributed by atoms with E-state index in [4.69, 9.17) is 4.74 Å². The fourth-order valence-corrected chi connectivity index (χ4v) is 2.51. The molecule has 1 aliphatic carbocycles. The van der Waals surface area contributed by atoms with Crippen LogP contribution in [0.2, 0.25) is 0 Å². The van der Waals surface area contributed by atoms with E-state index in [1.54, 1.807) is 6.92 Å². The highest BCUT2D eigenvalue weighted by Crippen LogP contribution is 2.32. The number of hydrogen-bond acceptors (Lipinski definition) is 2. The lowest BCUT2D eigenvalue weighted by Crippen LogP contribution is -2.45. The van der Waals surface area contributed by atoms with Crippen LogP contribution in [0.25, 0.3) is 0 Å². The van der Waals surface area contributed by atoms with Gasteiger partial charge in [0, 0.05) is 13.0 Å². The molecule has 2 nitrogen and oxygen atoms in total. The van der Waals surface area contributed by atoms with Gasteiger partial charge in [0.2, 0.25) is 0 Å². The molecule has 16 heavy (non-hydrogen) atoms. The molecule has 0 saturated carbocycles. The number of carbonyl (C=O) groups excluding carboxylic acids is 1.